The zero-order valence-corrected chi connectivity index (χ0v) is 9.48. The maximum atomic E-state index is 12.9. The van der Waals surface area contributed by atoms with Gasteiger partial charge in [0.2, 0.25) is 0 Å². The molecule has 0 aliphatic heterocycles. The molecule has 2 aromatic carbocycles. The van der Waals surface area contributed by atoms with Crippen LogP contribution in [0, 0.1) is 12.7 Å². The van der Waals surface area contributed by atoms with Crippen LogP contribution >= 0.6 is 0 Å². The Bertz CT molecular complexity index is 506. The van der Waals surface area contributed by atoms with Gasteiger partial charge in [0.15, 0.2) is 0 Å². The minimum absolute atomic E-state index is 0.228. The van der Waals surface area contributed by atoms with Gasteiger partial charge in [-0.3, -0.25) is 0 Å². The van der Waals surface area contributed by atoms with Gasteiger partial charge in [0.25, 0.3) is 0 Å². The summed E-state index contributed by atoms with van der Waals surface area (Å²) in [4.78, 5) is 0. The second-order valence-electron chi connectivity index (χ2n) is 3.86. The van der Waals surface area contributed by atoms with Crippen LogP contribution in [0.5, 0.6) is 11.5 Å². The molecule has 0 atom stereocenters. The van der Waals surface area contributed by atoms with E-state index in [-0.39, 0.29) is 11.6 Å². The first kappa shape index (κ1) is 11.5. The number of hydrogen-bond acceptors (Lipinski definition) is 2. The normalized spacial score (nSPS) is 10.2. The second kappa shape index (κ2) is 4.87. The average Bonchev–Trinajstić information content (AvgIpc) is 2.30. The van der Waals surface area contributed by atoms with Gasteiger partial charge in [-0.15, -0.1) is 0 Å². The smallest absolute Gasteiger partial charge is 0.123 e. The molecule has 0 unspecified atom stereocenters. The van der Waals surface area contributed by atoms with Crippen molar-refractivity contribution in [2.45, 2.75) is 13.5 Å². The zero-order valence-electron chi connectivity index (χ0n) is 9.48. The van der Waals surface area contributed by atoms with Gasteiger partial charge in [-0.05, 0) is 48.4 Å². The standard InChI is InChI=1S/C14H13FO2/c1-10-8-12(15)4-7-14(10)17-9-11-2-5-13(16)6-3-11/h2-8,16H,9H2,1H3. The van der Waals surface area contributed by atoms with Crippen LogP contribution in [0.3, 0.4) is 0 Å². The molecule has 1 N–H and O–H groups in total. The Kier molecular flexibility index (Phi) is 3.28. The van der Waals surface area contributed by atoms with E-state index in [0.717, 1.165) is 11.1 Å². The summed E-state index contributed by atoms with van der Waals surface area (Å²) in [5, 5.41) is 9.13. The number of benzene rings is 2. The van der Waals surface area contributed by atoms with Crippen molar-refractivity contribution in [1.29, 1.82) is 0 Å². The molecule has 0 aliphatic rings. The lowest BCUT2D eigenvalue weighted by Gasteiger charge is -2.09. The van der Waals surface area contributed by atoms with Gasteiger partial charge in [-0.1, -0.05) is 12.1 Å². The van der Waals surface area contributed by atoms with Gasteiger partial charge in [0.1, 0.15) is 23.9 Å². The van der Waals surface area contributed by atoms with Gasteiger partial charge in [0, 0.05) is 0 Å². The van der Waals surface area contributed by atoms with E-state index in [4.69, 9.17) is 9.84 Å². The maximum absolute atomic E-state index is 12.9. The molecule has 0 radical (unpaired) electrons. The molecule has 3 heteroatoms. The Morgan fingerprint density at radius 2 is 1.82 bits per heavy atom. The third kappa shape index (κ3) is 2.97. The molecule has 0 amide bonds. The monoisotopic (exact) mass is 232 g/mol. The van der Waals surface area contributed by atoms with Crippen LogP contribution in [0.4, 0.5) is 4.39 Å². The van der Waals surface area contributed by atoms with Gasteiger partial charge in [0.05, 0.1) is 0 Å². The van der Waals surface area contributed by atoms with Crippen LogP contribution in [0.1, 0.15) is 11.1 Å². The van der Waals surface area contributed by atoms with Crippen molar-refractivity contribution in [1.82, 2.24) is 0 Å². The quantitative estimate of drug-likeness (QED) is 0.878. The summed E-state index contributed by atoms with van der Waals surface area (Å²) in [7, 11) is 0. The SMILES string of the molecule is Cc1cc(F)ccc1OCc1ccc(O)cc1. The zero-order chi connectivity index (χ0) is 12.3. The fourth-order valence-corrected chi connectivity index (χ4v) is 1.53. The summed E-state index contributed by atoms with van der Waals surface area (Å²) in [6.07, 6.45) is 0. The highest BCUT2D eigenvalue weighted by molar-refractivity contribution is 5.33. The Labute approximate surface area is 99.3 Å². The second-order valence-corrected chi connectivity index (χ2v) is 3.86. The van der Waals surface area contributed by atoms with E-state index in [1.165, 1.54) is 12.1 Å². The van der Waals surface area contributed by atoms with Crippen LogP contribution < -0.4 is 4.74 Å². The predicted octanol–water partition coefficient (Wildman–Crippen LogP) is 3.42. The van der Waals surface area contributed by atoms with Crippen LogP contribution in [0.2, 0.25) is 0 Å². The Balaban J connectivity index is 2.04. The number of rotatable bonds is 3. The highest BCUT2D eigenvalue weighted by atomic mass is 19.1. The molecule has 2 aromatic rings. The van der Waals surface area contributed by atoms with Crippen LogP contribution in [0.15, 0.2) is 42.5 Å². The highest BCUT2D eigenvalue weighted by Crippen LogP contribution is 2.20. The largest absolute Gasteiger partial charge is 0.508 e. The molecule has 0 aromatic heterocycles. The lowest BCUT2D eigenvalue weighted by Crippen LogP contribution is -1.97. The molecule has 0 saturated carbocycles. The molecule has 0 spiro atoms. The molecule has 88 valence electrons. The van der Waals surface area contributed by atoms with Crippen molar-refractivity contribution in [3.05, 3.63) is 59.4 Å². The molecule has 0 bridgehead atoms. The molecule has 0 aliphatic carbocycles. The van der Waals surface area contributed by atoms with E-state index in [2.05, 4.69) is 0 Å². The topological polar surface area (TPSA) is 29.5 Å². The maximum Gasteiger partial charge on any atom is 0.123 e. The number of hydrogen-bond donors (Lipinski definition) is 1. The minimum Gasteiger partial charge on any atom is -0.508 e. The Morgan fingerprint density at radius 1 is 1.12 bits per heavy atom. The lowest BCUT2D eigenvalue weighted by atomic mass is 10.2. The molecule has 17 heavy (non-hydrogen) atoms. The third-order valence-electron chi connectivity index (χ3n) is 2.47. The van der Waals surface area contributed by atoms with E-state index in [0.29, 0.717) is 12.4 Å². The summed E-state index contributed by atoms with van der Waals surface area (Å²) >= 11 is 0. The fourth-order valence-electron chi connectivity index (χ4n) is 1.53. The van der Waals surface area contributed by atoms with E-state index in [1.807, 2.05) is 0 Å². The number of phenolic OH excluding ortho intramolecular Hbond substituents is 1. The van der Waals surface area contributed by atoms with Crippen molar-refractivity contribution >= 4 is 0 Å². The third-order valence-corrected chi connectivity index (χ3v) is 2.47. The van der Waals surface area contributed by atoms with Crippen molar-refractivity contribution in [2.24, 2.45) is 0 Å². The highest BCUT2D eigenvalue weighted by Gasteiger charge is 2.01. The van der Waals surface area contributed by atoms with Crippen LogP contribution in [0.25, 0.3) is 0 Å². The van der Waals surface area contributed by atoms with Gasteiger partial charge >= 0.3 is 0 Å². The molecular formula is C14H13FO2. The Morgan fingerprint density at radius 3 is 2.47 bits per heavy atom. The van der Waals surface area contributed by atoms with E-state index in [1.54, 1.807) is 37.3 Å². The number of ether oxygens (including phenoxy) is 1. The summed E-state index contributed by atoms with van der Waals surface area (Å²) in [5.41, 5.74) is 1.72. The van der Waals surface area contributed by atoms with Crippen molar-refractivity contribution < 1.29 is 14.2 Å². The van der Waals surface area contributed by atoms with Gasteiger partial charge in [-0.2, -0.15) is 0 Å². The summed E-state index contributed by atoms with van der Waals surface area (Å²) in [5.74, 6) is 0.630. The Hall–Kier alpha value is -2.03. The molecule has 2 rings (SSSR count). The molecule has 2 nitrogen and oxygen atoms in total. The fraction of sp³-hybridized carbons (Fsp3) is 0.143. The summed E-state index contributed by atoms with van der Waals surface area (Å²) in [6.45, 7) is 2.20. The van der Waals surface area contributed by atoms with Gasteiger partial charge < -0.3 is 9.84 Å². The number of halogens is 1. The van der Waals surface area contributed by atoms with E-state index in [9.17, 15) is 4.39 Å². The van der Waals surface area contributed by atoms with Crippen LogP contribution in [-0.4, -0.2) is 5.11 Å². The van der Waals surface area contributed by atoms with Crippen molar-refractivity contribution in [3.8, 4) is 11.5 Å². The molecule has 0 heterocycles. The van der Waals surface area contributed by atoms with E-state index < -0.39 is 0 Å². The summed E-state index contributed by atoms with van der Waals surface area (Å²) in [6, 6.07) is 11.2. The molecule has 0 saturated heterocycles. The first-order valence-corrected chi connectivity index (χ1v) is 5.32. The van der Waals surface area contributed by atoms with Gasteiger partial charge in [-0.25, -0.2) is 4.39 Å². The molecule has 0 fully saturated rings. The minimum atomic E-state index is -0.264. The lowest BCUT2D eigenvalue weighted by molar-refractivity contribution is 0.303. The first-order chi connectivity index (χ1) is 8.15. The summed E-state index contributed by atoms with van der Waals surface area (Å²) < 4.78 is 18.4. The number of aromatic hydroxyl groups is 1. The van der Waals surface area contributed by atoms with Crippen LogP contribution in [-0.2, 0) is 6.61 Å². The molecular weight excluding hydrogens is 219 g/mol. The first-order valence-electron chi connectivity index (χ1n) is 5.32. The predicted molar refractivity (Wildman–Crippen MR) is 63.6 cm³/mol. The number of aryl methyl sites for hydroxylation is 1. The van der Waals surface area contributed by atoms with Crippen molar-refractivity contribution in [2.75, 3.05) is 0 Å². The van der Waals surface area contributed by atoms with Crippen molar-refractivity contribution in [3.63, 3.8) is 0 Å². The average molecular weight is 232 g/mol. The van der Waals surface area contributed by atoms with E-state index >= 15 is 0 Å². The number of phenols is 1.